The molecule has 0 saturated heterocycles. The first-order valence-electron chi connectivity index (χ1n) is 6.08. The average Bonchev–Trinajstić information content (AvgIpc) is 2.45. The van der Waals surface area contributed by atoms with Gasteiger partial charge in [-0.2, -0.15) is 0 Å². The molecule has 1 heterocycles. The van der Waals surface area contributed by atoms with Crippen molar-refractivity contribution in [3.8, 4) is 11.8 Å². The van der Waals surface area contributed by atoms with Gasteiger partial charge in [0.15, 0.2) is 0 Å². The Labute approximate surface area is 113 Å². The molecular weight excluding hydrogens is 244 g/mol. The number of ether oxygens (including phenoxy) is 1. The predicted molar refractivity (Wildman–Crippen MR) is 71.7 cm³/mol. The molecule has 0 fully saturated rings. The third kappa shape index (κ3) is 5.08. The molecule has 0 bridgehead atoms. The Balaban J connectivity index is 2.61. The standard InChI is InChI=1S/C14H18N2O3/c1-3-19-10-8-16(2)14(18)13-7-6-12(11-15-13)5-4-9-17/h6-7,11,17H,3,8-10H2,1-2H3. The van der Waals surface area contributed by atoms with Crippen molar-refractivity contribution >= 4 is 5.91 Å². The number of aromatic nitrogens is 1. The van der Waals surface area contributed by atoms with E-state index in [4.69, 9.17) is 9.84 Å². The largest absolute Gasteiger partial charge is 0.384 e. The Morgan fingerprint density at radius 3 is 2.89 bits per heavy atom. The minimum absolute atomic E-state index is 0.152. The zero-order valence-corrected chi connectivity index (χ0v) is 11.2. The van der Waals surface area contributed by atoms with Crippen LogP contribution < -0.4 is 0 Å². The molecular formula is C14H18N2O3. The van der Waals surface area contributed by atoms with Crippen LogP contribution in [0, 0.1) is 11.8 Å². The van der Waals surface area contributed by atoms with Gasteiger partial charge in [0, 0.05) is 32.0 Å². The Morgan fingerprint density at radius 2 is 2.32 bits per heavy atom. The summed E-state index contributed by atoms with van der Waals surface area (Å²) in [5, 5.41) is 8.58. The summed E-state index contributed by atoms with van der Waals surface area (Å²) >= 11 is 0. The van der Waals surface area contributed by atoms with Gasteiger partial charge in [-0.05, 0) is 19.1 Å². The number of rotatable bonds is 5. The molecule has 1 rings (SSSR count). The van der Waals surface area contributed by atoms with Crippen molar-refractivity contribution in [2.75, 3.05) is 33.4 Å². The van der Waals surface area contributed by atoms with Crippen molar-refractivity contribution in [3.05, 3.63) is 29.6 Å². The van der Waals surface area contributed by atoms with Crippen LogP contribution in [0.4, 0.5) is 0 Å². The van der Waals surface area contributed by atoms with Gasteiger partial charge in [-0.25, -0.2) is 4.98 Å². The maximum atomic E-state index is 12.0. The summed E-state index contributed by atoms with van der Waals surface area (Å²) in [6.07, 6.45) is 1.52. The Morgan fingerprint density at radius 1 is 1.53 bits per heavy atom. The zero-order valence-electron chi connectivity index (χ0n) is 11.2. The Bertz CT molecular complexity index is 460. The number of hydrogen-bond donors (Lipinski definition) is 1. The van der Waals surface area contributed by atoms with Crippen molar-refractivity contribution in [3.63, 3.8) is 0 Å². The molecule has 1 amide bonds. The van der Waals surface area contributed by atoms with Gasteiger partial charge in [-0.3, -0.25) is 4.79 Å². The first-order chi connectivity index (χ1) is 9.19. The first kappa shape index (κ1) is 15.2. The topological polar surface area (TPSA) is 62.7 Å². The summed E-state index contributed by atoms with van der Waals surface area (Å²) in [7, 11) is 1.71. The molecule has 1 N–H and O–H groups in total. The fraction of sp³-hybridized carbons (Fsp3) is 0.429. The van der Waals surface area contributed by atoms with E-state index in [1.54, 1.807) is 24.1 Å². The smallest absolute Gasteiger partial charge is 0.272 e. The Hall–Kier alpha value is -1.90. The molecule has 1 aromatic heterocycles. The highest BCUT2D eigenvalue weighted by molar-refractivity contribution is 5.92. The number of amides is 1. The molecule has 0 unspecified atom stereocenters. The zero-order chi connectivity index (χ0) is 14.1. The van der Waals surface area contributed by atoms with Gasteiger partial charge in [0.25, 0.3) is 5.91 Å². The maximum absolute atomic E-state index is 12.0. The second-order valence-electron chi connectivity index (χ2n) is 3.82. The molecule has 0 atom stereocenters. The van der Waals surface area contributed by atoms with E-state index in [-0.39, 0.29) is 12.5 Å². The van der Waals surface area contributed by atoms with Gasteiger partial charge in [0.2, 0.25) is 0 Å². The van der Waals surface area contributed by atoms with Gasteiger partial charge in [0.05, 0.1) is 6.61 Å². The lowest BCUT2D eigenvalue weighted by Gasteiger charge is -2.16. The quantitative estimate of drug-likeness (QED) is 0.621. The van der Waals surface area contributed by atoms with Crippen LogP contribution in [0.1, 0.15) is 23.0 Å². The summed E-state index contributed by atoms with van der Waals surface area (Å²) in [4.78, 5) is 17.6. The van der Waals surface area contributed by atoms with Gasteiger partial charge in [0.1, 0.15) is 12.3 Å². The monoisotopic (exact) mass is 262 g/mol. The van der Waals surface area contributed by atoms with Crippen LogP contribution in [-0.4, -0.2) is 54.3 Å². The molecule has 1 aromatic rings. The van der Waals surface area contributed by atoms with E-state index in [1.165, 1.54) is 6.20 Å². The molecule has 0 saturated carbocycles. The highest BCUT2D eigenvalue weighted by Crippen LogP contribution is 2.02. The van der Waals surface area contributed by atoms with E-state index in [9.17, 15) is 4.79 Å². The highest BCUT2D eigenvalue weighted by atomic mass is 16.5. The number of carbonyl (C=O) groups is 1. The normalized spacial score (nSPS) is 9.63. The van der Waals surface area contributed by atoms with E-state index in [2.05, 4.69) is 16.8 Å². The van der Waals surface area contributed by atoms with Gasteiger partial charge in [-0.15, -0.1) is 0 Å². The minimum atomic E-state index is -0.194. The van der Waals surface area contributed by atoms with Crippen LogP contribution in [-0.2, 0) is 4.74 Å². The van der Waals surface area contributed by atoms with Crippen LogP contribution in [0.2, 0.25) is 0 Å². The molecule has 0 aliphatic carbocycles. The Kier molecular flexibility index (Phi) is 6.58. The summed E-state index contributed by atoms with van der Waals surface area (Å²) in [5.41, 5.74) is 1.04. The summed E-state index contributed by atoms with van der Waals surface area (Å²) in [5.74, 6) is 5.10. The molecule has 102 valence electrons. The van der Waals surface area contributed by atoms with Gasteiger partial charge in [-0.1, -0.05) is 11.8 Å². The SMILES string of the molecule is CCOCCN(C)C(=O)c1ccc(C#CCO)cn1. The summed E-state index contributed by atoms with van der Waals surface area (Å²) in [6, 6.07) is 3.33. The third-order valence-corrected chi connectivity index (χ3v) is 2.42. The number of nitrogens with zero attached hydrogens (tertiary/aromatic N) is 2. The molecule has 0 aromatic carbocycles. The minimum Gasteiger partial charge on any atom is -0.384 e. The van der Waals surface area contributed by atoms with Crippen molar-refractivity contribution in [2.45, 2.75) is 6.92 Å². The molecule has 0 aliphatic heterocycles. The third-order valence-electron chi connectivity index (χ3n) is 2.42. The average molecular weight is 262 g/mol. The number of hydrogen-bond acceptors (Lipinski definition) is 4. The number of aliphatic hydroxyl groups is 1. The second kappa shape index (κ2) is 8.25. The number of aliphatic hydroxyl groups excluding tert-OH is 1. The van der Waals surface area contributed by atoms with Crippen LogP contribution in [0.5, 0.6) is 0 Å². The van der Waals surface area contributed by atoms with Crippen LogP contribution in [0.25, 0.3) is 0 Å². The van der Waals surface area contributed by atoms with Crippen molar-refractivity contribution in [1.29, 1.82) is 0 Å². The molecule has 0 radical (unpaired) electrons. The van der Waals surface area contributed by atoms with Crippen molar-refractivity contribution < 1.29 is 14.6 Å². The van der Waals surface area contributed by atoms with E-state index in [1.807, 2.05) is 6.92 Å². The fourth-order valence-electron chi connectivity index (χ4n) is 1.38. The van der Waals surface area contributed by atoms with Gasteiger partial charge >= 0.3 is 0 Å². The summed E-state index contributed by atoms with van der Waals surface area (Å²) < 4.78 is 5.20. The molecule has 19 heavy (non-hydrogen) atoms. The van der Waals surface area contributed by atoms with Crippen LogP contribution >= 0.6 is 0 Å². The lowest BCUT2D eigenvalue weighted by molar-refractivity contribution is 0.0704. The fourth-order valence-corrected chi connectivity index (χ4v) is 1.38. The number of pyridine rings is 1. The molecule has 5 heteroatoms. The second-order valence-corrected chi connectivity index (χ2v) is 3.82. The lowest BCUT2D eigenvalue weighted by atomic mass is 10.2. The van der Waals surface area contributed by atoms with Crippen LogP contribution in [0.3, 0.4) is 0 Å². The maximum Gasteiger partial charge on any atom is 0.272 e. The van der Waals surface area contributed by atoms with Crippen molar-refractivity contribution in [2.24, 2.45) is 0 Å². The highest BCUT2D eigenvalue weighted by Gasteiger charge is 2.12. The molecule has 0 aliphatic rings. The molecule has 0 spiro atoms. The lowest BCUT2D eigenvalue weighted by Crippen LogP contribution is -2.30. The van der Waals surface area contributed by atoms with E-state index in [0.29, 0.717) is 31.0 Å². The molecule has 5 nitrogen and oxygen atoms in total. The van der Waals surface area contributed by atoms with E-state index in [0.717, 1.165) is 0 Å². The van der Waals surface area contributed by atoms with Crippen molar-refractivity contribution in [1.82, 2.24) is 9.88 Å². The van der Waals surface area contributed by atoms with Gasteiger partial charge < -0.3 is 14.7 Å². The predicted octanol–water partition coefficient (Wildman–Crippen LogP) is 0.534. The first-order valence-corrected chi connectivity index (χ1v) is 6.08. The number of likely N-dealkylation sites (N-methyl/N-ethyl adjacent to an activating group) is 1. The van der Waals surface area contributed by atoms with E-state index >= 15 is 0 Å². The van der Waals surface area contributed by atoms with E-state index < -0.39 is 0 Å². The number of carbonyl (C=O) groups excluding carboxylic acids is 1. The summed E-state index contributed by atoms with van der Waals surface area (Å²) in [6.45, 7) is 3.40. The van der Waals surface area contributed by atoms with Crippen LogP contribution in [0.15, 0.2) is 18.3 Å².